The quantitative estimate of drug-likeness (QED) is 0.112. The molecule has 0 saturated carbocycles. The number of nitrogens with one attached hydrogen (secondary N) is 1. The number of phosphoric acid groups is 1. The highest BCUT2D eigenvalue weighted by Gasteiger charge is 2.42. The maximum atomic E-state index is 16.4. The molecule has 1 amide bonds. The highest BCUT2D eigenvalue weighted by molar-refractivity contribution is 7.48. The molecule has 1 aromatic carbocycles. The number of ether oxygens (including phenoxy) is 1. The third kappa shape index (κ3) is 7.74. The minimum atomic E-state index is -4.25. The van der Waals surface area contributed by atoms with Crippen LogP contribution < -0.4 is 15.4 Å². The van der Waals surface area contributed by atoms with Crippen molar-refractivity contribution in [3.8, 4) is 11.1 Å². The van der Waals surface area contributed by atoms with Gasteiger partial charge in [-0.3, -0.25) is 23.1 Å². The Kier molecular flexibility index (Phi) is 10.2. The molecule has 2 aliphatic heterocycles. The van der Waals surface area contributed by atoms with Gasteiger partial charge >= 0.3 is 19.9 Å². The van der Waals surface area contributed by atoms with E-state index in [1.165, 1.54) is 29.8 Å². The highest BCUT2D eigenvalue weighted by atomic mass is 31.2. The number of amides is 1. The second kappa shape index (κ2) is 14.5. The summed E-state index contributed by atoms with van der Waals surface area (Å²) in [6.07, 6.45) is 2.89. The molecule has 4 aromatic heterocycles. The fourth-order valence-electron chi connectivity index (χ4n) is 7.74. The maximum absolute atomic E-state index is 16.4. The van der Waals surface area contributed by atoms with E-state index in [0.29, 0.717) is 41.3 Å². The Morgan fingerprint density at radius 1 is 1.05 bits per heavy atom. The first-order valence-corrected chi connectivity index (χ1v) is 19.8. The van der Waals surface area contributed by atoms with Crippen molar-refractivity contribution in [3.05, 3.63) is 70.3 Å². The Bertz CT molecular complexity index is 2530. The van der Waals surface area contributed by atoms with Gasteiger partial charge < -0.3 is 24.6 Å². The van der Waals surface area contributed by atoms with Crippen molar-refractivity contribution in [2.45, 2.75) is 65.2 Å². The molecule has 0 radical (unpaired) electrons. The van der Waals surface area contributed by atoms with Gasteiger partial charge in [-0.2, -0.15) is 0 Å². The number of pyridine rings is 3. The number of carboxylic acids is 1. The number of halogens is 2. The van der Waals surface area contributed by atoms with Crippen molar-refractivity contribution >= 4 is 58.7 Å². The number of rotatable bonds is 9. The van der Waals surface area contributed by atoms with Crippen LogP contribution in [0.1, 0.15) is 58.3 Å². The van der Waals surface area contributed by atoms with E-state index in [-0.39, 0.29) is 33.7 Å². The van der Waals surface area contributed by atoms with Gasteiger partial charge in [-0.15, -0.1) is 0 Å². The predicted molar refractivity (Wildman–Crippen MR) is 210 cm³/mol. The smallest absolute Gasteiger partial charge is 0.477 e. The second-order valence-corrected chi connectivity index (χ2v) is 18.0. The molecule has 2 saturated heterocycles. The zero-order valence-electron chi connectivity index (χ0n) is 32.9. The van der Waals surface area contributed by atoms with Gasteiger partial charge in [0, 0.05) is 67.8 Å². The number of phosphoric ester groups is 1. The fraction of sp³-hybridized carbons (Fsp3) is 0.436. The monoisotopic (exact) mass is 810 g/mol. The van der Waals surface area contributed by atoms with Crippen molar-refractivity contribution in [1.82, 2.24) is 19.3 Å². The average molecular weight is 811 g/mol. The molecule has 2 atom stereocenters. The van der Waals surface area contributed by atoms with Crippen LogP contribution in [0.25, 0.3) is 38.6 Å². The first-order chi connectivity index (χ1) is 26.6. The zero-order valence-corrected chi connectivity index (χ0v) is 33.8. The van der Waals surface area contributed by atoms with Gasteiger partial charge in [-0.25, -0.2) is 32.4 Å². The number of carbonyl (C=O) groups is 2. The van der Waals surface area contributed by atoms with Gasteiger partial charge in [-0.05, 0) is 79.1 Å². The van der Waals surface area contributed by atoms with Crippen LogP contribution in [0, 0.1) is 17.6 Å². The molecule has 0 spiro atoms. The lowest BCUT2D eigenvalue weighted by Crippen LogP contribution is -2.35. The SMILES string of the molecule is CN1CC2CCN(c3c(-c4ccc5ccc(C(=O)O)c(=O)n5c4)cnc4[nH]c5c(N(C)C(=O)OCOP(=O)(OC(C)(C)C)OC(C)(C)C)cc(F)c(F)c5c34)[C@@H]2C1. The fourth-order valence-corrected chi connectivity index (χ4v) is 9.41. The van der Waals surface area contributed by atoms with E-state index in [9.17, 15) is 24.1 Å². The summed E-state index contributed by atoms with van der Waals surface area (Å²) in [6, 6.07) is 7.09. The number of likely N-dealkylation sites (tertiary alicyclic amines) is 1. The van der Waals surface area contributed by atoms with Gasteiger partial charge in [-0.1, -0.05) is 6.07 Å². The lowest BCUT2D eigenvalue weighted by atomic mass is 10.00. The first-order valence-electron chi connectivity index (χ1n) is 18.4. The Hall–Kier alpha value is -4.93. The first kappa shape index (κ1) is 40.3. The van der Waals surface area contributed by atoms with E-state index in [4.69, 9.17) is 18.3 Å². The number of hydrogen-bond donors (Lipinski definition) is 2. The molecule has 6 heterocycles. The number of H-pyrrole nitrogens is 1. The van der Waals surface area contributed by atoms with E-state index in [2.05, 4.69) is 19.8 Å². The minimum absolute atomic E-state index is 0.0142. The van der Waals surface area contributed by atoms with Gasteiger partial charge in [0.15, 0.2) is 11.6 Å². The number of hydrogen-bond acceptors (Lipinski definition) is 11. The van der Waals surface area contributed by atoms with Crippen LogP contribution in [0.15, 0.2) is 47.5 Å². The summed E-state index contributed by atoms with van der Waals surface area (Å²) >= 11 is 0. The predicted octanol–water partition coefficient (Wildman–Crippen LogP) is 7.40. The lowest BCUT2D eigenvalue weighted by Gasteiger charge is -2.30. The number of carbonyl (C=O) groups excluding carboxylic acids is 1. The van der Waals surface area contributed by atoms with E-state index >= 15 is 8.78 Å². The van der Waals surface area contributed by atoms with Crippen molar-refractivity contribution < 1.29 is 46.3 Å². The van der Waals surface area contributed by atoms with E-state index in [0.717, 1.165) is 23.9 Å². The number of benzene rings is 1. The zero-order chi connectivity index (χ0) is 41.4. The molecule has 0 aliphatic carbocycles. The van der Waals surface area contributed by atoms with Crippen LogP contribution in [0.4, 0.5) is 25.0 Å². The van der Waals surface area contributed by atoms with E-state index in [1.54, 1.807) is 59.9 Å². The van der Waals surface area contributed by atoms with Crippen molar-refractivity contribution in [2.75, 3.05) is 50.3 Å². The van der Waals surface area contributed by atoms with Crippen molar-refractivity contribution in [2.24, 2.45) is 5.92 Å². The molecule has 0 bridgehead atoms. The van der Waals surface area contributed by atoms with E-state index in [1.807, 2.05) is 7.05 Å². The van der Waals surface area contributed by atoms with Gasteiger partial charge in [0.25, 0.3) is 5.56 Å². The van der Waals surface area contributed by atoms with Crippen LogP contribution in [0.5, 0.6) is 0 Å². The number of aromatic carboxylic acids is 1. The second-order valence-electron chi connectivity index (χ2n) is 16.5. The van der Waals surface area contributed by atoms with Gasteiger partial charge in [0.2, 0.25) is 6.79 Å². The summed E-state index contributed by atoms with van der Waals surface area (Å²) in [5.74, 6) is -3.49. The Morgan fingerprint density at radius 2 is 1.74 bits per heavy atom. The van der Waals surface area contributed by atoms with Crippen LogP contribution in [0.3, 0.4) is 0 Å². The molecule has 57 heavy (non-hydrogen) atoms. The summed E-state index contributed by atoms with van der Waals surface area (Å²) in [6.45, 7) is 11.2. The summed E-state index contributed by atoms with van der Waals surface area (Å²) in [5, 5.41) is 9.72. The minimum Gasteiger partial charge on any atom is -0.477 e. The topological polar surface area (TPSA) is 168 Å². The lowest BCUT2D eigenvalue weighted by molar-refractivity contribution is -0.0275. The number of aromatic amines is 1. The number of anilines is 2. The third-order valence-electron chi connectivity index (χ3n) is 9.95. The molecule has 7 rings (SSSR count). The highest BCUT2D eigenvalue weighted by Crippen LogP contribution is 2.55. The van der Waals surface area contributed by atoms with E-state index < -0.39 is 60.6 Å². The molecular formula is C39H45F2N6O9P. The third-order valence-corrected chi connectivity index (χ3v) is 11.9. The molecule has 5 aromatic rings. The summed E-state index contributed by atoms with van der Waals surface area (Å²) < 4.78 is 68.7. The molecule has 15 nitrogen and oxygen atoms in total. The normalized spacial score (nSPS) is 17.9. The largest absolute Gasteiger partial charge is 0.478 e. The van der Waals surface area contributed by atoms with Crippen molar-refractivity contribution in [1.29, 1.82) is 0 Å². The summed E-state index contributed by atoms with van der Waals surface area (Å²) in [4.78, 5) is 51.6. The average Bonchev–Trinajstić information content (AvgIpc) is 3.79. The molecule has 2 aliphatic rings. The molecule has 1 unspecified atom stereocenters. The molecule has 304 valence electrons. The number of aromatic nitrogens is 3. The summed E-state index contributed by atoms with van der Waals surface area (Å²) in [5.41, 5.74) is -0.862. The van der Waals surface area contributed by atoms with Crippen molar-refractivity contribution in [3.63, 3.8) is 0 Å². The van der Waals surface area contributed by atoms with Crippen LogP contribution >= 0.6 is 7.82 Å². The summed E-state index contributed by atoms with van der Waals surface area (Å²) in [7, 11) is -0.924. The number of carboxylic acid groups (broad SMARTS) is 1. The van der Waals surface area contributed by atoms with Crippen LogP contribution in [-0.2, 0) is 22.9 Å². The number of likely N-dealkylation sites (N-methyl/N-ethyl adjacent to an activating group) is 1. The standard InChI is InChI=1S/C39H45F2N6O9P/c1-38(2,3)55-57(52,56-39(4,5)6)54-20-53-37(51)45(8)27-15-26(40)31(41)29-30-33(46-14-13-22-17-44(7)19-28(22)46)25(16-42-34(30)43-32(27)29)21-9-10-23-11-12-24(36(49)50)35(48)47(23)18-21/h9-12,15-16,18,22,28H,13-14,17,19-20H2,1-8H3,(H,42,43)(H,49,50)/t22?,28-/m1/s1. The molecular weight excluding hydrogens is 765 g/mol. The van der Waals surface area contributed by atoms with Crippen LogP contribution in [-0.4, -0.2) is 94.2 Å². The van der Waals surface area contributed by atoms with Gasteiger partial charge in [0.05, 0.1) is 38.9 Å². The Balaban J connectivity index is 1.34. The van der Waals surface area contributed by atoms with Crippen LogP contribution in [0.2, 0.25) is 0 Å². The molecule has 18 heteroatoms. The molecule has 2 N–H and O–H groups in total. The Labute approximate surface area is 326 Å². The van der Waals surface area contributed by atoms with Gasteiger partial charge in [0.1, 0.15) is 11.2 Å². The number of fused-ring (bicyclic) bond motifs is 5. The number of nitrogens with zero attached hydrogens (tertiary/aromatic N) is 5. The molecule has 2 fully saturated rings. The maximum Gasteiger partial charge on any atom is 0.478 e. The Morgan fingerprint density at radius 3 is 2.40 bits per heavy atom.